The average molecular weight is 463 g/mol. The Bertz CT molecular complexity index is 1050. The predicted molar refractivity (Wildman–Crippen MR) is 88.8 cm³/mol. The molecule has 0 atom stereocenters. The van der Waals surface area contributed by atoms with Gasteiger partial charge in [0.05, 0.1) is 16.7 Å². The van der Waals surface area contributed by atoms with Crippen molar-refractivity contribution in [2.24, 2.45) is 0 Å². The van der Waals surface area contributed by atoms with E-state index in [1.807, 2.05) is 0 Å². The molecule has 0 aliphatic rings. The SMILES string of the molecule is C=Cc1ccc(NS(=O)(=O)c2cc(C(F)(F)F)c(C(F)(F)F)cc2C(F)(F)F)cc1. The topological polar surface area (TPSA) is 46.2 Å². The van der Waals surface area contributed by atoms with Crippen molar-refractivity contribution >= 4 is 21.8 Å². The minimum atomic E-state index is -5.82. The lowest BCUT2D eigenvalue weighted by Crippen LogP contribution is -2.24. The minimum absolute atomic E-state index is 0.331. The van der Waals surface area contributed by atoms with E-state index in [9.17, 15) is 47.9 Å². The summed E-state index contributed by atoms with van der Waals surface area (Å²) < 4.78 is 144. The molecule has 0 aromatic heterocycles. The van der Waals surface area contributed by atoms with Crippen LogP contribution < -0.4 is 4.72 Å². The molecule has 1 N–H and O–H groups in total. The standard InChI is InChI=1S/C17H10F9NO2S/c1-2-9-3-5-10(6-4-9)27-30(28,29)14-8-12(16(21,22)23)11(15(18,19)20)7-13(14)17(24,25)26/h2-8,27H,1H2. The third kappa shape index (κ3) is 5.07. The molecule has 0 spiro atoms. The molecule has 0 bridgehead atoms. The van der Waals surface area contributed by atoms with Gasteiger partial charge in [0, 0.05) is 5.69 Å². The molecule has 0 aliphatic carbocycles. The van der Waals surface area contributed by atoms with Crippen molar-refractivity contribution in [3.05, 3.63) is 65.2 Å². The maximum Gasteiger partial charge on any atom is 0.417 e. The molecule has 0 aliphatic heterocycles. The van der Waals surface area contributed by atoms with E-state index < -0.39 is 62.3 Å². The molecule has 13 heteroatoms. The molecule has 0 radical (unpaired) electrons. The highest BCUT2D eigenvalue weighted by atomic mass is 32.2. The summed E-state index contributed by atoms with van der Waals surface area (Å²) in [5.41, 5.74) is -7.45. The van der Waals surface area contributed by atoms with Gasteiger partial charge in [0.1, 0.15) is 4.90 Å². The van der Waals surface area contributed by atoms with Crippen LogP contribution in [0, 0.1) is 0 Å². The van der Waals surface area contributed by atoms with Gasteiger partial charge in [-0.1, -0.05) is 24.8 Å². The van der Waals surface area contributed by atoms with Crippen LogP contribution in [0.25, 0.3) is 6.08 Å². The Kier molecular flexibility index (Phi) is 5.91. The first-order valence-electron chi connectivity index (χ1n) is 7.62. The molecule has 0 amide bonds. The summed E-state index contributed by atoms with van der Waals surface area (Å²) in [5.74, 6) is 0. The van der Waals surface area contributed by atoms with Gasteiger partial charge >= 0.3 is 18.5 Å². The normalized spacial score (nSPS) is 13.2. The van der Waals surface area contributed by atoms with E-state index >= 15 is 0 Å². The summed E-state index contributed by atoms with van der Waals surface area (Å²) >= 11 is 0. The number of anilines is 1. The number of alkyl halides is 9. The van der Waals surface area contributed by atoms with Crippen LogP contribution in [0.5, 0.6) is 0 Å². The van der Waals surface area contributed by atoms with Crippen LogP contribution in [0.3, 0.4) is 0 Å². The van der Waals surface area contributed by atoms with Crippen molar-refractivity contribution in [2.75, 3.05) is 4.72 Å². The molecule has 0 heterocycles. The van der Waals surface area contributed by atoms with Crippen LogP contribution in [-0.4, -0.2) is 8.42 Å². The third-order valence-electron chi connectivity index (χ3n) is 3.72. The Hall–Kier alpha value is -2.70. The highest BCUT2D eigenvalue weighted by Crippen LogP contribution is 2.45. The molecule has 2 aromatic rings. The van der Waals surface area contributed by atoms with E-state index in [4.69, 9.17) is 0 Å². The molecule has 2 rings (SSSR count). The van der Waals surface area contributed by atoms with E-state index in [0.29, 0.717) is 5.56 Å². The zero-order chi connectivity index (χ0) is 23.1. The van der Waals surface area contributed by atoms with Crippen molar-refractivity contribution in [3.63, 3.8) is 0 Å². The number of hydrogen-bond acceptors (Lipinski definition) is 2. The van der Waals surface area contributed by atoms with Crippen molar-refractivity contribution in [1.82, 2.24) is 0 Å². The van der Waals surface area contributed by atoms with Crippen molar-refractivity contribution in [1.29, 1.82) is 0 Å². The van der Waals surface area contributed by atoms with Gasteiger partial charge in [0.15, 0.2) is 0 Å². The summed E-state index contributed by atoms with van der Waals surface area (Å²) in [6.07, 6.45) is -15.9. The van der Waals surface area contributed by atoms with Gasteiger partial charge in [0.2, 0.25) is 0 Å². The molecular weight excluding hydrogens is 453 g/mol. The first kappa shape index (κ1) is 23.6. The summed E-state index contributed by atoms with van der Waals surface area (Å²) in [7, 11) is -5.35. The summed E-state index contributed by atoms with van der Waals surface area (Å²) in [4.78, 5) is -2.00. The summed E-state index contributed by atoms with van der Waals surface area (Å²) in [5, 5.41) is 0. The Labute approximate surface area is 163 Å². The lowest BCUT2D eigenvalue weighted by molar-refractivity contribution is -0.164. The summed E-state index contributed by atoms with van der Waals surface area (Å²) in [6, 6.07) is 3.21. The fourth-order valence-electron chi connectivity index (χ4n) is 2.39. The van der Waals surface area contributed by atoms with Gasteiger partial charge in [-0.2, -0.15) is 39.5 Å². The molecular formula is C17H10F9NO2S. The van der Waals surface area contributed by atoms with E-state index in [-0.39, 0.29) is 5.69 Å². The van der Waals surface area contributed by atoms with Crippen LogP contribution in [0.2, 0.25) is 0 Å². The third-order valence-corrected chi connectivity index (χ3v) is 5.15. The van der Waals surface area contributed by atoms with Crippen LogP contribution in [-0.2, 0) is 28.6 Å². The van der Waals surface area contributed by atoms with Crippen molar-refractivity contribution in [3.8, 4) is 0 Å². The second-order valence-electron chi connectivity index (χ2n) is 5.82. The van der Waals surface area contributed by atoms with Crippen molar-refractivity contribution in [2.45, 2.75) is 23.4 Å². The fraction of sp³-hybridized carbons (Fsp3) is 0.176. The maximum atomic E-state index is 13.3. The monoisotopic (exact) mass is 463 g/mol. The molecule has 0 fully saturated rings. The number of benzene rings is 2. The smallest absolute Gasteiger partial charge is 0.280 e. The first-order chi connectivity index (χ1) is 13.5. The highest BCUT2D eigenvalue weighted by Gasteiger charge is 2.48. The van der Waals surface area contributed by atoms with Gasteiger partial charge in [0.25, 0.3) is 10.0 Å². The Morgan fingerprint density at radius 3 is 1.57 bits per heavy atom. The van der Waals surface area contributed by atoms with Gasteiger partial charge in [-0.05, 0) is 29.8 Å². The number of halogens is 9. The van der Waals surface area contributed by atoms with E-state index in [1.54, 1.807) is 4.72 Å². The van der Waals surface area contributed by atoms with Crippen LogP contribution in [0.1, 0.15) is 22.3 Å². The minimum Gasteiger partial charge on any atom is -0.280 e. The molecule has 3 nitrogen and oxygen atoms in total. The van der Waals surface area contributed by atoms with Crippen LogP contribution in [0.4, 0.5) is 45.2 Å². The Balaban J connectivity index is 2.76. The van der Waals surface area contributed by atoms with Crippen LogP contribution in [0.15, 0.2) is 47.9 Å². The van der Waals surface area contributed by atoms with Gasteiger partial charge in [-0.15, -0.1) is 0 Å². The zero-order valence-corrected chi connectivity index (χ0v) is 15.2. The molecule has 2 aromatic carbocycles. The first-order valence-corrected chi connectivity index (χ1v) is 9.10. The Morgan fingerprint density at radius 1 is 0.733 bits per heavy atom. The van der Waals surface area contributed by atoms with E-state index in [1.165, 1.54) is 18.2 Å². The van der Waals surface area contributed by atoms with Crippen molar-refractivity contribution < 1.29 is 47.9 Å². The maximum absolute atomic E-state index is 13.3. The van der Waals surface area contributed by atoms with Gasteiger partial charge in [-0.3, -0.25) is 4.72 Å². The second-order valence-corrected chi connectivity index (χ2v) is 7.47. The summed E-state index contributed by atoms with van der Waals surface area (Å²) in [6.45, 7) is 3.42. The average Bonchev–Trinajstić information content (AvgIpc) is 2.58. The quantitative estimate of drug-likeness (QED) is 0.550. The fourth-order valence-corrected chi connectivity index (χ4v) is 3.68. The number of rotatable bonds is 4. The molecule has 0 saturated heterocycles. The largest absolute Gasteiger partial charge is 0.417 e. The zero-order valence-electron chi connectivity index (χ0n) is 14.4. The van der Waals surface area contributed by atoms with Gasteiger partial charge < -0.3 is 0 Å². The second kappa shape index (κ2) is 7.52. The molecule has 0 unspecified atom stereocenters. The lowest BCUT2D eigenvalue weighted by Gasteiger charge is -2.21. The van der Waals surface area contributed by atoms with Crippen LogP contribution >= 0.6 is 0 Å². The molecule has 30 heavy (non-hydrogen) atoms. The van der Waals surface area contributed by atoms with E-state index in [0.717, 1.165) is 12.1 Å². The van der Waals surface area contributed by atoms with Gasteiger partial charge in [-0.25, -0.2) is 8.42 Å². The Morgan fingerprint density at radius 2 is 1.17 bits per heavy atom. The lowest BCUT2D eigenvalue weighted by atomic mass is 10.0. The molecule has 164 valence electrons. The number of hydrogen-bond donors (Lipinski definition) is 1. The number of sulfonamides is 1. The molecule has 0 saturated carbocycles. The predicted octanol–water partition coefficient (Wildman–Crippen LogP) is 6.19. The van der Waals surface area contributed by atoms with E-state index in [2.05, 4.69) is 6.58 Å². The number of nitrogens with one attached hydrogen (secondary N) is 1. The highest BCUT2D eigenvalue weighted by molar-refractivity contribution is 7.92.